The molecule has 0 aliphatic rings. The maximum atomic E-state index is 12.5. The number of hydrazone groups is 1. The van der Waals surface area contributed by atoms with Crippen molar-refractivity contribution in [3.05, 3.63) is 41.7 Å². The zero-order valence-corrected chi connectivity index (χ0v) is 13.0. The predicted octanol–water partition coefficient (Wildman–Crippen LogP) is 2.06. The number of anilines is 1. The Bertz CT molecular complexity index is 636. The molecule has 0 aliphatic heterocycles. The molecular formula is C14H17N5OS. The SMILES string of the molecule is Cc1nsc(N/N=C(\CN(C)C)C(=O)c2ccccc2)n1. The Balaban J connectivity index is 2.19. The molecule has 0 radical (unpaired) electrons. The van der Waals surface area contributed by atoms with E-state index < -0.39 is 0 Å². The lowest BCUT2D eigenvalue weighted by molar-refractivity contribution is 0.106. The molecule has 0 unspecified atom stereocenters. The van der Waals surface area contributed by atoms with Crippen molar-refractivity contribution in [2.45, 2.75) is 6.92 Å². The molecular weight excluding hydrogens is 286 g/mol. The lowest BCUT2D eigenvalue weighted by Crippen LogP contribution is -2.29. The van der Waals surface area contributed by atoms with Crippen molar-refractivity contribution < 1.29 is 4.79 Å². The average molecular weight is 303 g/mol. The van der Waals surface area contributed by atoms with E-state index in [1.54, 1.807) is 19.1 Å². The van der Waals surface area contributed by atoms with Crippen molar-refractivity contribution in [3.63, 3.8) is 0 Å². The van der Waals surface area contributed by atoms with Crippen LogP contribution in [-0.2, 0) is 0 Å². The Kier molecular flexibility index (Phi) is 5.13. The number of benzene rings is 1. The standard InChI is InChI=1S/C14H17N5OS/c1-10-15-14(21-18-10)17-16-12(9-19(2)3)13(20)11-7-5-4-6-8-11/h4-8H,9H2,1-3H3,(H,15,17,18)/b16-12+. The molecule has 0 aliphatic carbocycles. The van der Waals surface area contributed by atoms with Crippen LogP contribution in [0.15, 0.2) is 35.4 Å². The Morgan fingerprint density at radius 2 is 2.05 bits per heavy atom. The topological polar surface area (TPSA) is 70.5 Å². The molecule has 1 N–H and O–H groups in total. The summed E-state index contributed by atoms with van der Waals surface area (Å²) in [6, 6.07) is 9.11. The van der Waals surface area contributed by atoms with Crippen molar-refractivity contribution in [2.24, 2.45) is 5.10 Å². The van der Waals surface area contributed by atoms with Gasteiger partial charge in [0.15, 0.2) is 0 Å². The maximum Gasteiger partial charge on any atom is 0.223 e. The van der Waals surface area contributed by atoms with Gasteiger partial charge in [0.25, 0.3) is 0 Å². The van der Waals surface area contributed by atoms with Crippen molar-refractivity contribution in [1.82, 2.24) is 14.3 Å². The normalized spacial score (nSPS) is 11.7. The first-order valence-electron chi connectivity index (χ1n) is 6.43. The number of hydrogen-bond donors (Lipinski definition) is 1. The van der Waals surface area contributed by atoms with Gasteiger partial charge in [-0.1, -0.05) is 30.3 Å². The number of aryl methyl sites for hydroxylation is 1. The van der Waals surface area contributed by atoms with Gasteiger partial charge >= 0.3 is 0 Å². The first-order valence-corrected chi connectivity index (χ1v) is 7.21. The van der Waals surface area contributed by atoms with Crippen molar-refractivity contribution in [1.29, 1.82) is 0 Å². The third-order valence-electron chi connectivity index (χ3n) is 2.58. The van der Waals surface area contributed by atoms with Crippen LogP contribution in [-0.4, -0.2) is 46.4 Å². The number of nitrogens with one attached hydrogen (secondary N) is 1. The van der Waals surface area contributed by atoms with E-state index in [1.807, 2.05) is 37.2 Å². The van der Waals surface area contributed by atoms with E-state index in [4.69, 9.17) is 0 Å². The van der Waals surface area contributed by atoms with E-state index in [-0.39, 0.29) is 5.78 Å². The van der Waals surface area contributed by atoms with E-state index in [1.165, 1.54) is 11.5 Å². The second kappa shape index (κ2) is 7.05. The van der Waals surface area contributed by atoms with Gasteiger partial charge in [-0.15, -0.1) is 0 Å². The largest absolute Gasteiger partial charge is 0.303 e. The maximum absolute atomic E-state index is 12.5. The summed E-state index contributed by atoms with van der Waals surface area (Å²) >= 11 is 1.21. The molecule has 0 bridgehead atoms. The van der Waals surface area contributed by atoms with Gasteiger partial charge in [-0.25, -0.2) is 4.98 Å². The molecule has 0 fully saturated rings. The Hall–Kier alpha value is -2.12. The molecule has 0 spiro atoms. The van der Waals surface area contributed by atoms with Crippen molar-refractivity contribution in [2.75, 3.05) is 26.1 Å². The van der Waals surface area contributed by atoms with Gasteiger partial charge in [0.05, 0.1) is 0 Å². The fourth-order valence-electron chi connectivity index (χ4n) is 1.67. The van der Waals surface area contributed by atoms with Crippen LogP contribution in [0.1, 0.15) is 16.2 Å². The quantitative estimate of drug-likeness (QED) is 0.502. The van der Waals surface area contributed by atoms with Crippen LogP contribution >= 0.6 is 11.5 Å². The number of ketones is 1. The van der Waals surface area contributed by atoms with Crippen LogP contribution in [0, 0.1) is 6.92 Å². The summed E-state index contributed by atoms with van der Waals surface area (Å²) in [5, 5.41) is 4.78. The molecule has 2 rings (SSSR count). The van der Waals surface area contributed by atoms with E-state index in [2.05, 4.69) is 19.9 Å². The average Bonchev–Trinajstić information content (AvgIpc) is 2.89. The Labute approximate surface area is 127 Å². The molecule has 0 amide bonds. The van der Waals surface area contributed by atoms with Crippen LogP contribution < -0.4 is 5.43 Å². The van der Waals surface area contributed by atoms with Crippen LogP contribution in [0.2, 0.25) is 0 Å². The van der Waals surface area contributed by atoms with Gasteiger partial charge in [0.2, 0.25) is 10.9 Å². The monoisotopic (exact) mass is 303 g/mol. The van der Waals surface area contributed by atoms with Crippen molar-refractivity contribution in [3.8, 4) is 0 Å². The highest BCUT2D eigenvalue weighted by molar-refractivity contribution is 7.09. The zero-order chi connectivity index (χ0) is 15.2. The first kappa shape index (κ1) is 15.3. The minimum absolute atomic E-state index is 0.0990. The van der Waals surface area contributed by atoms with E-state index in [9.17, 15) is 4.79 Å². The minimum atomic E-state index is -0.0990. The number of carbonyl (C=O) groups is 1. The second-order valence-electron chi connectivity index (χ2n) is 4.75. The molecule has 1 aromatic heterocycles. The summed E-state index contributed by atoms with van der Waals surface area (Å²) < 4.78 is 4.06. The molecule has 1 heterocycles. The molecule has 0 atom stereocenters. The van der Waals surface area contributed by atoms with E-state index in [0.29, 0.717) is 28.8 Å². The lowest BCUT2D eigenvalue weighted by atomic mass is 10.1. The van der Waals surface area contributed by atoms with Gasteiger partial charge in [0.1, 0.15) is 11.5 Å². The van der Waals surface area contributed by atoms with E-state index >= 15 is 0 Å². The van der Waals surface area contributed by atoms with Gasteiger partial charge < -0.3 is 4.90 Å². The van der Waals surface area contributed by atoms with E-state index in [0.717, 1.165) is 0 Å². The van der Waals surface area contributed by atoms with Gasteiger partial charge in [-0.2, -0.15) is 9.47 Å². The van der Waals surface area contributed by atoms with Crippen LogP contribution in [0.4, 0.5) is 5.13 Å². The third-order valence-corrected chi connectivity index (χ3v) is 3.29. The lowest BCUT2D eigenvalue weighted by Gasteiger charge is -2.11. The number of rotatable bonds is 6. The Morgan fingerprint density at radius 3 is 2.62 bits per heavy atom. The molecule has 0 saturated heterocycles. The first-order chi connectivity index (χ1) is 10.1. The number of nitrogens with zero attached hydrogens (tertiary/aromatic N) is 4. The second-order valence-corrected chi connectivity index (χ2v) is 5.50. The van der Waals surface area contributed by atoms with Crippen LogP contribution in [0.5, 0.6) is 0 Å². The third kappa shape index (κ3) is 4.44. The summed E-state index contributed by atoms with van der Waals surface area (Å²) in [6.07, 6.45) is 0. The molecule has 6 nitrogen and oxygen atoms in total. The summed E-state index contributed by atoms with van der Waals surface area (Å²) in [5.74, 6) is 0.583. The smallest absolute Gasteiger partial charge is 0.223 e. The molecule has 1 aromatic carbocycles. The highest BCUT2D eigenvalue weighted by atomic mass is 32.1. The van der Waals surface area contributed by atoms with Gasteiger partial charge in [0, 0.05) is 23.6 Å². The van der Waals surface area contributed by atoms with Gasteiger partial charge in [-0.3, -0.25) is 10.2 Å². The fourth-order valence-corrected chi connectivity index (χ4v) is 2.19. The molecule has 2 aromatic rings. The highest BCUT2D eigenvalue weighted by Gasteiger charge is 2.15. The molecule has 21 heavy (non-hydrogen) atoms. The minimum Gasteiger partial charge on any atom is -0.303 e. The van der Waals surface area contributed by atoms with Crippen molar-refractivity contribution >= 4 is 28.2 Å². The zero-order valence-electron chi connectivity index (χ0n) is 12.2. The molecule has 0 saturated carbocycles. The highest BCUT2D eigenvalue weighted by Crippen LogP contribution is 2.10. The molecule has 110 valence electrons. The number of aromatic nitrogens is 2. The molecule has 7 heteroatoms. The predicted molar refractivity (Wildman–Crippen MR) is 85.0 cm³/mol. The van der Waals surface area contributed by atoms with Crippen LogP contribution in [0.3, 0.4) is 0 Å². The van der Waals surface area contributed by atoms with Crippen LogP contribution in [0.25, 0.3) is 0 Å². The van der Waals surface area contributed by atoms with Gasteiger partial charge in [-0.05, 0) is 21.0 Å². The fraction of sp³-hybridized carbons (Fsp3) is 0.286. The number of carbonyl (C=O) groups excluding carboxylic acids is 1. The number of Topliss-reactive ketones (excluding diaryl/α,β-unsaturated/α-hetero) is 1. The summed E-state index contributed by atoms with van der Waals surface area (Å²) in [7, 11) is 3.78. The Morgan fingerprint density at radius 1 is 1.33 bits per heavy atom. The number of hydrogen-bond acceptors (Lipinski definition) is 7. The summed E-state index contributed by atoms with van der Waals surface area (Å²) in [6.45, 7) is 2.25. The summed E-state index contributed by atoms with van der Waals surface area (Å²) in [5.41, 5.74) is 3.86. The summed E-state index contributed by atoms with van der Waals surface area (Å²) in [4.78, 5) is 18.5.